The number of rotatable bonds is 7. The van der Waals surface area contributed by atoms with Gasteiger partial charge in [-0.1, -0.05) is 12.6 Å². The van der Waals surface area contributed by atoms with Crippen LogP contribution in [0.25, 0.3) is 32.1 Å². The van der Waals surface area contributed by atoms with Gasteiger partial charge in [0.1, 0.15) is 41.0 Å². The standard InChI is InChI=1S/C37H35F6N7O3S/c1-5-27(52)49-14-19(3)50(15-18(49)2)33-23-11-25(37(41,42)43)29(22-7-8-26(39)32-28(22)24(13-44)34(54-32)45-20(4)51)30(40)31(23)46-35(47-33)53-17-36-9-6-10-48(36)16-21(38)12-36/h5,7-8,11,18-19,21H,1,6,9-10,12,14-17H2,2-4H3,(H,45,51). The summed E-state index contributed by atoms with van der Waals surface area (Å²) >= 11 is 0.638. The first-order valence-electron chi connectivity index (χ1n) is 17.3. The summed E-state index contributed by atoms with van der Waals surface area (Å²) in [4.78, 5) is 38.7. The summed E-state index contributed by atoms with van der Waals surface area (Å²) in [5, 5.41) is 11.8. The van der Waals surface area contributed by atoms with Crippen molar-refractivity contribution >= 4 is 55.0 Å². The number of piperazine rings is 1. The van der Waals surface area contributed by atoms with Gasteiger partial charge in [-0.2, -0.15) is 28.4 Å². The molecule has 1 N–H and O–H groups in total. The smallest absolute Gasteiger partial charge is 0.417 e. The molecule has 0 aliphatic carbocycles. The van der Waals surface area contributed by atoms with E-state index in [0.717, 1.165) is 31.5 Å². The number of anilines is 2. The molecule has 2 amide bonds. The molecule has 0 saturated carbocycles. The Balaban J connectivity index is 1.47. The van der Waals surface area contributed by atoms with Crippen LogP contribution in [0.5, 0.6) is 6.01 Å². The molecule has 3 aliphatic heterocycles. The number of ether oxygens (including phenoxy) is 1. The third kappa shape index (κ3) is 6.28. The molecule has 17 heteroatoms. The number of amides is 2. The van der Waals surface area contributed by atoms with E-state index in [4.69, 9.17) is 4.74 Å². The molecule has 7 rings (SSSR count). The lowest BCUT2D eigenvalue weighted by atomic mass is 9.92. The predicted octanol–water partition coefficient (Wildman–Crippen LogP) is 7.21. The molecule has 0 spiro atoms. The van der Waals surface area contributed by atoms with Gasteiger partial charge in [-0.15, -0.1) is 11.3 Å². The number of aromatic nitrogens is 2. The van der Waals surface area contributed by atoms with Crippen LogP contribution in [0.1, 0.15) is 51.2 Å². The number of thiophene rings is 1. The Labute approximate surface area is 310 Å². The van der Waals surface area contributed by atoms with Crippen molar-refractivity contribution in [3.05, 3.63) is 53.6 Å². The SMILES string of the molecule is C=CC(=O)N1CC(C)N(c2nc(OCC34CCCN3CC(F)C4)nc3c(F)c(-c4ccc(F)c5sc(NC(C)=O)c(C#N)c45)c(C(F)(F)F)cc23)CC1C. The Hall–Kier alpha value is -4.95. The largest absolute Gasteiger partial charge is 0.461 e. The van der Waals surface area contributed by atoms with Gasteiger partial charge >= 0.3 is 12.2 Å². The minimum Gasteiger partial charge on any atom is -0.461 e. The van der Waals surface area contributed by atoms with E-state index in [-0.39, 0.29) is 76.4 Å². The average Bonchev–Trinajstić information content (AvgIpc) is 3.77. The highest BCUT2D eigenvalue weighted by molar-refractivity contribution is 7.23. The highest BCUT2D eigenvalue weighted by Gasteiger charge is 2.49. The molecule has 4 atom stereocenters. The molecule has 5 heterocycles. The third-order valence-electron chi connectivity index (χ3n) is 10.6. The maximum atomic E-state index is 17.3. The van der Waals surface area contributed by atoms with Crippen LogP contribution < -0.4 is 15.0 Å². The maximum absolute atomic E-state index is 17.3. The topological polar surface area (TPSA) is 115 Å². The summed E-state index contributed by atoms with van der Waals surface area (Å²) in [7, 11) is 0. The molecule has 4 aromatic rings. The van der Waals surface area contributed by atoms with E-state index in [0.29, 0.717) is 24.3 Å². The van der Waals surface area contributed by atoms with E-state index in [2.05, 4.69) is 21.9 Å². The lowest BCUT2D eigenvalue weighted by Gasteiger charge is -2.44. The van der Waals surface area contributed by atoms with Gasteiger partial charge in [0.25, 0.3) is 0 Å². The molecule has 2 aromatic heterocycles. The first-order valence-corrected chi connectivity index (χ1v) is 18.1. The Morgan fingerprint density at radius 2 is 1.94 bits per heavy atom. The van der Waals surface area contributed by atoms with Crippen LogP contribution in [-0.2, 0) is 15.8 Å². The highest BCUT2D eigenvalue weighted by atomic mass is 32.1. The van der Waals surface area contributed by atoms with Crippen molar-refractivity contribution in [3.63, 3.8) is 0 Å². The number of fused-ring (bicyclic) bond motifs is 3. The minimum absolute atomic E-state index is 0.0496. The van der Waals surface area contributed by atoms with Crippen LogP contribution in [0.4, 0.5) is 37.2 Å². The molecule has 4 unspecified atom stereocenters. The molecular weight excluding hydrogens is 737 g/mol. The number of nitrogens with one attached hydrogen (secondary N) is 1. The number of alkyl halides is 4. The monoisotopic (exact) mass is 771 g/mol. The summed E-state index contributed by atoms with van der Waals surface area (Å²) in [5.74, 6) is -3.33. The van der Waals surface area contributed by atoms with Gasteiger partial charge in [0, 0.05) is 61.4 Å². The fourth-order valence-electron chi connectivity index (χ4n) is 8.19. The van der Waals surface area contributed by atoms with Crippen molar-refractivity contribution in [2.24, 2.45) is 0 Å². The number of nitriles is 1. The van der Waals surface area contributed by atoms with Gasteiger partial charge in [-0.3, -0.25) is 14.5 Å². The van der Waals surface area contributed by atoms with Gasteiger partial charge in [0.15, 0.2) is 5.82 Å². The second-order valence-electron chi connectivity index (χ2n) is 14.1. The number of carbonyl (C=O) groups excluding carboxylic acids is 2. The van der Waals surface area contributed by atoms with Crippen LogP contribution in [0.15, 0.2) is 30.9 Å². The van der Waals surface area contributed by atoms with Crippen LogP contribution in [0.2, 0.25) is 0 Å². The predicted molar refractivity (Wildman–Crippen MR) is 191 cm³/mol. The van der Waals surface area contributed by atoms with Crippen molar-refractivity contribution in [3.8, 4) is 23.2 Å². The van der Waals surface area contributed by atoms with E-state index >= 15 is 22.0 Å². The Bertz CT molecular complexity index is 2260. The molecule has 284 valence electrons. The van der Waals surface area contributed by atoms with Gasteiger partial charge < -0.3 is 19.9 Å². The zero-order valence-corrected chi connectivity index (χ0v) is 30.3. The lowest BCUT2D eigenvalue weighted by Crippen LogP contribution is -2.58. The van der Waals surface area contributed by atoms with Crippen molar-refractivity contribution in [1.82, 2.24) is 19.8 Å². The first kappa shape index (κ1) is 37.4. The van der Waals surface area contributed by atoms with E-state index in [1.807, 2.05) is 11.0 Å². The number of nitrogens with zero attached hydrogens (tertiary/aromatic N) is 6. The summed E-state index contributed by atoms with van der Waals surface area (Å²) in [5.41, 5.74) is -4.39. The lowest BCUT2D eigenvalue weighted by molar-refractivity contribution is -0.137. The molecule has 3 aliphatic rings. The molecular formula is C37H35F6N7O3S. The fraction of sp³-hybridized carbons (Fsp3) is 0.432. The molecule has 3 fully saturated rings. The van der Waals surface area contributed by atoms with E-state index < -0.39 is 69.7 Å². The quantitative estimate of drug-likeness (QED) is 0.155. The van der Waals surface area contributed by atoms with Crippen LogP contribution in [0.3, 0.4) is 0 Å². The van der Waals surface area contributed by atoms with Crippen molar-refractivity contribution < 1.29 is 40.7 Å². The van der Waals surface area contributed by atoms with Crippen molar-refractivity contribution in [1.29, 1.82) is 5.26 Å². The zero-order valence-electron chi connectivity index (χ0n) is 29.5. The first-order chi connectivity index (χ1) is 25.6. The average molecular weight is 772 g/mol. The second-order valence-corrected chi connectivity index (χ2v) is 15.2. The van der Waals surface area contributed by atoms with E-state index in [1.54, 1.807) is 23.6 Å². The molecule has 54 heavy (non-hydrogen) atoms. The Morgan fingerprint density at radius 1 is 1.19 bits per heavy atom. The number of hydrogen-bond donors (Lipinski definition) is 1. The number of benzene rings is 2. The molecule has 10 nitrogen and oxygen atoms in total. The Morgan fingerprint density at radius 3 is 2.63 bits per heavy atom. The molecule has 2 aromatic carbocycles. The fourth-order valence-corrected chi connectivity index (χ4v) is 9.32. The van der Waals surface area contributed by atoms with Crippen LogP contribution >= 0.6 is 11.3 Å². The molecule has 0 radical (unpaired) electrons. The van der Waals surface area contributed by atoms with Crippen molar-refractivity contribution in [2.45, 2.75) is 70.0 Å². The minimum atomic E-state index is -5.18. The van der Waals surface area contributed by atoms with Gasteiger partial charge in [0.2, 0.25) is 11.8 Å². The van der Waals surface area contributed by atoms with Crippen LogP contribution in [0, 0.1) is 23.0 Å². The summed E-state index contributed by atoms with van der Waals surface area (Å²) < 4.78 is 98.5. The maximum Gasteiger partial charge on any atom is 0.417 e. The van der Waals surface area contributed by atoms with E-state index in [9.17, 15) is 19.2 Å². The van der Waals surface area contributed by atoms with Crippen LogP contribution in [-0.4, -0.2) is 88.2 Å². The van der Waals surface area contributed by atoms with E-state index in [1.165, 1.54) is 6.08 Å². The number of hydrogen-bond acceptors (Lipinski definition) is 9. The number of carbonyl (C=O) groups is 2. The van der Waals surface area contributed by atoms with Gasteiger partial charge in [0.05, 0.1) is 21.4 Å². The molecule has 0 bridgehead atoms. The second kappa shape index (κ2) is 13.7. The third-order valence-corrected chi connectivity index (χ3v) is 11.7. The normalized spacial score (nSPS) is 23.1. The zero-order chi connectivity index (χ0) is 38.9. The summed E-state index contributed by atoms with van der Waals surface area (Å²) in [6.07, 6.45) is -3.43. The van der Waals surface area contributed by atoms with Crippen molar-refractivity contribution in [2.75, 3.05) is 43.0 Å². The summed E-state index contributed by atoms with van der Waals surface area (Å²) in [6.45, 7) is 9.30. The van der Waals surface area contributed by atoms with Gasteiger partial charge in [-0.05, 0) is 57.0 Å². The van der Waals surface area contributed by atoms with Gasteiger partial charge in [-0.25, -0.2) is 13.2 Å². The molecule has 3 saturated heterocycles. The Kier molecular flexibility index (Phi) is 9.49. The number of halogens is 6. The summed E-state index contributed by atoms with van der Waals surface area (Å²) in [6, 6.07) is 3.08. The highest BCUT2D eigenvalue weighted by Crippen LogP contribution is 2.49.